The Hall–Kier alpha value is -9.52. The van der Waals surface area contributed by atoms with Gasteiger partial charge in [0.25, 0.3) is 0 Å². The fourth-order valence-electron chi connectivity index (χ4n) is 12.7. The second-order valence-electron chi connectivity index (χ2n) is 20.1. The maximum absolute atomic E-state index is 6.90. The summed E-state index contributed by atoms with van der Waals surface area (Å²) in [6.45, 7) is 4.78. The molecule has 0 N–H and O–H groups in total. The molecule has 6 nitrogen and oxygen atoms in total. The fourth-order valence-corrected chi connectivity index (χ4v) is 12.7. The van der Waals surface area contributed by atoms with Crippen LogP contribution in [0, 0.1) is 0 Å². The Morgan fingerprint density at radius 3 is 1.25 bits per heavy atom. The summed E-state index contributed by atoms with van der Waals surface area (Å²) in [5.74, 6) is 3.25. The zero-order valence-corrected chi connectivity index (χ0v) is 40.0. The van der Waals surface area contributed by atoms with E-state index in [1.54, 1.807) is 0 Å². The third-order valence-corrected chi connectivity index (χ3v) is 15.8. The number of hydrogen-bond donors (Lipinski definition) is 0. The van der Waals surface area contributed by atoms with Crippen molar-refractivity contribution in [3.63, 3.8) is 0 Å². The van der Waals surface area contributed by atoms with E-state index in [1.807, 2.05) is 0 Å². The molecule has 0 saturated heterocycles. The summed E-state index contributed by atoms with van der Waals surface area (Å²) >= 11 is 0. The summed E-state index contributed by atoms with van der Waals surface area (Å²) in [6.07, 6.45) is 0. The van der Waals surface area contributed by atoms with Crippen molar-refractivity contribution in [3.8, 4) is 45.5 Å². The number of rotatable bonds is 4. The largest absolute Gasteiger partial charge is 0.453 e. The zero-order valence-electron chi connectivity index (χ0n) is 40.0. The van der Waals surface area contributed by atoms with E-state index in [0.717, 1.165) is 79.5 Å². The van der Waals surface area contributed by atoms with Crippen molar-refractivity contribution in [1.82, 2.24) is 9.13 Å². The standard InChI is InChI=1S/C67H44N4O2/c1-67(2)52-37-41(70-57-27-13-15-29-62(57)72-64-38-42(32-35-59(64)70)68-53-23-9-5-17-45(53)46-18-6-10-24-54(46)68)31-34-44(52)51-40-61(49-21-3-4-22-50(49)66(51)67)71-58-28-14-16-30-63(58)73-65-39-43(33-36-60(65)71)69-55-25-11-7-19-47(55)48-20-8-12-26-56(48)69/h3-40H,1-2H3. The molecule has 2 aromatic heterocycles. The maximum Gasteiger partial charge on any atom is 0.153 e. The van der Waals surface area contributed by atoms with E-state index < -0.39 is 0 Å². The molecule has 6 heteroatoms. The Morgan fingerprint density at radius 1 is 0.301 bits per heavy atom. The molecule has 3 aliphatic rings. The molecule has 1 aliphatic carbocycles. The molecular weight excluding hydrogens is 893 g/mol. The zero-order chi connectivity index (χ0) is 48.1. The number of anilines is 6. The number of benzene rings is 11. The molecule has 0 spiro atoms. The molecule has 13 aromatic rings. The van der Waals surface area contributed by atoms with E-state index in [4.69, 9.17) is 9.47 Å². The van der Waals surface area contributed by atoms with Gasteiger partial charge in [0.05, 0.1) is 61.9 Å². The fraction of sp³-hybridized carbons (Fsp3) is 0.0448. The van der Waals surface area contributed by atoms with Crippen molar-refractivity contribution in [1.29, 1.82) is 0 Å². The van der Waals surface area contributed by atoms with E-state index in [-0.39, 0.29) is 5.41 Å². The molecule has 0 bridgehead atoms. The quantitative estimate of drug-likeness (QED) is 0.176. The number of para-hydroxylation sites is 8. The van der Waals surface area contributed by atoms with Crippen LogP contribution in [-0.2, 0) is 5.41 Å². The molecular formula is C67H44N4O2. The predicted molar refractivity (Wildman–Crippen MR) is 300 cm³/mol. The third-order valence-electron chi connectivity index (χ3n) is 15.8. The van der Waals surface area contributed by atoms with Crippen LogP contribution in [0.3, 0.4) is 0 Å². The highest BCUT2D eigenvalue weighted by Gasteiger charge is 2.40. The second kappa shape index (κ2) is 14.8. The number of hydrogen-bond acceptors (Lipinski definition) is 4. The van der Waals surface area contributed by atoms with Crippen LogP contribution >= 0.6 is 0 Å². The number of nitrogens with zero attached hydrogens (tertiary/aromatic N) is 4. The van der Waals surface area contributed by atoms with Crippen LogP contribution in [-0.4, -0.2) is 9.13 Å². The number of aromatic nitrogens is 2. The van der Waals surface area contributed by atoms with Crippen LogP contribution < -0.4 is 19.3 Å². The highest BCUT2D eigenvalue weighted by atomic mass is 16.5. The SMILES string of the molecule is CC1(C)c2cc(N3c4ccccc4Oc4cc(-n5c6ccccc6c6ccccc65)ccc43)ccc2-c2cc(N3c4ccccc4Oc4cc(-n5c6ccccc6c6ccccc65)ccc43)c3ccccc3c21. The number of ether oxygens (including phenoxy) is 2. The van der Waals surface area contributed by atoms with E-state index in [1.165, 1.54) is 65.6 Å². The van der Waals surface area contributed by atoms with Crippen LogP contribution in [0.1, 0.15) is 25.0 Å². The Labute approximate surface area is 421 Å². The molecule has 0 radical (unpaired) electrons. The van der Waals surface area contributed by atoms with Crippen LogP contribution in [0.5, 0.6) is 23.0 Å². The Morgan fingerprint density at radius 2 is 0.712 bits per heavy atom. The molecule has 0 saturated carbocycles. The first-order chi connectivity index (χ1) is 36.0. The van der Waals surface area contributed by atoms with Gasteiger partial charge in [-0.1, -0.05) is 141 Å². The van der Waals surface area contributed by atoms with Gasteiger partial charge in [-0.25, -0.2) is 0 Å². The first kappa shape index (κ1) is 40.2. The second-order valence-corrected chi connectivity index (χ2v) is 20.1. The van der Waals surface area contributed by atoms with Crippen molar-refractivity contribution < 1.29 is 9.47 Å². The van der Waals surface area contributed by atoms with Gasteiger partial charge in [0, 0.05) is 50.2 Å². The van der Waals surface area contributed by atoms with Crippen molar-refractivity contribution >= 4 is 88.5 Å². The summed E-state index contributed by atoms with van der Waals surface area (Å²) in [5, 5.41) is 7.35. The van der Waals surface area contributed by atoms with E-state index in [0.29, 0.717) is 0 Å². The molecule has 2 aliphatic heterocycles. The van der Waals surface area contributed by atoms with Gasteiger partial charge in [-0.2, -0.15) is 0 Å². The average Bonchev–Trinajstić information content (AvgIpc) is 4.04. The van der Waals surface area contributed by atoms with E-state index >= 15 is 0 Å². The summed E-state index contributed by atoms with van der Waals surface area (Å²) in [6, 6.07) is 83.2. The molecule has 4 heterocycles. The first-order valence-electron chi connectivity index (χ1n) is 25.1. The summed E-state index contributed by atoms with van der Waals surface area (Å²) in [5.41, 5.74) is 17.7. The molecule has 0 unspecified atom stereocenters. The van der Waals surface area contributed by atoms with Gasteiger partial charge in [-0.05, 0) is 119 Å². The van der Waals surface area contributed by atoms with Gasteiger partial charge in [-0.15, -0.1) is 0 Å². The van der Waals surface area contributed by atoms with Crippen molar-refractivity contribution in [3.05, 3.63) is 242 Å². The van der Waals surface area contributed by atoms with Gasteiger partial charge in [0.15, 0.2) is 23.0 Å². The average molecular weight is 937 g/mol. The smallest absolute Gasteiger partial charge is 0.153 e. The van der Waals surface area contributed by atoms with E-state index in [2.05, 4.69) is 263 Å². The molecule has 344 valence electrons. The molecule has 73 heavy (non-hydrogen) atoms. The van der Waals surface area contributed by atoms with Crippen molar-refractivity contribution in [2.75, 3.05) is 9.80 Å². The van der Waals surface area contributed by atoms with E-state index in [9.17, 15) is 0 Å². The van der Waals surface area contributed by atoms with Gasteiger partial charge >= 0.3 is 0 Å². The highest BCUT2D eigenvalue weighted by Crippen LogP contribution is 2.59. The maximum atomic E-state index is 6.90. The summed E-state index contributed by atoms with van der Waals surface area (Å²) in [4.78, 5) is 4.79. The van der Waals surface area contributed by atoms with Gasteiger partial charge in [-0.3, -0.25) is 0 Å². The lowest BCUT2D eigenvalue weighted by Crippen LogP contribution is -2.19. The lowest BCUT2D eigenvalue weighted by Gasteiger charge is -2.35. The molecule has 0 fully saturated rings. The molecule has 0 amide bonds. The van der Waals surface area contributed by atoms with Crippen LogP contribution in [0.25, 0.3) is 76.9 Å². The Balaban J connectivity index is 0.848. The van der Waals surface area contributed by atoms with Gasteiger partial charge < -0.3 is 28.4 Å². The van der Waals surface area contributed by atoms with Crippen molar-refractivity contribution in [2.45, 2.75) is 19.3 Å². The Kier molecular flexibility index (Phi) is 8.14. The molecule has 0 atom stereocenters. The lowest BCUT2D eigenvalue weighted by atomic mass is 9.79. The van der Waals surface area contributed by atoms with Gasteiger partial charge in [0.2, 0.25) is 0 Å². The van der Waals surface area contributed by atoms with Crippen LogP contribution in [0.2, 0.25) is 0 Å². The third kappa shape index (κ3) is 5.57. The number of fused-ring (bicyclic) bond motifs is 15. The van der Waals surface area contributed by atoms with Crippen LogP contribution in [0.15, 0.2) is 231 Å². The monoisotopic (exact) mass is 936 g/mol. The van der Waals surface area contributed by atoms with Crippen LogP contribution in [0.4, 0.5) is 34.1 Å². The van der Waals surface area contributed by atoms with Crippen molar-refractivity contribution in [2.24, 2.45) is 0 Å². The minimum atomic E-state index is -0.328. The minimum Gasteiger partial charge on any atom is -0.453 e. The molecule has 11 aromatic carbocycles. The molecule has 16 rings (SSSR count). The summed E-state index contributed by atoms with van der Waals surface area (Å²) < 4.78 is 18.4. The predicted octanol–water partition coefficient (Wildman–Crippen LogP) is 18.5. The summed E-state index contributed by atoms with van der Waals surface area (Å²) in [7, 11) is 0. The topological polar surface area (TPSA) is 34.8 Å². The lowest BCUT2D eigenvalue weighted by molar-refractivity contribution is 0.476. The first-order valence-corrected chi connectivity index (χ1v) is 25.1. The van der Waals surface area contributed by atoms with Gasteiger partial charge in [0.1, 0.15) is 0 Å². The highest BCUT2D eigenvalue weighted by molar-refractivity contribution is 6.12. The normalized spacial score (nSPS) is 13.9. The minimum absolute atomic E-state index is 0.328. The Bertz CT molecular complexity index is 4410.